The number of unbranched alkanes of at least 4 members (excludes halogenated alkanes) is 10. The maximum absolute atomic E-state index is 2.31. The van der Waals surface area contributed by atoms with Crippen molar-refractivity contribution in [1.29, 1.82) is 0 Å². The van der Waals surface area contributed by atoms with Gasteiger partial charge < -0.3 is 0 Å². The van der Waals surface area contributed by atoms with Crippen molar-refractivity contribution in [3.8, 4) is 0 Å². The summed E-state index contributed by atoms with van der Waals surface area (Å²) >= 11 is 0. The second-order valence-electron chi connectivity index (χ2n) is 6.88. The van der Waals surface area contributed by atoms with Crippen molar-refractivity contribution in [1.82, 2.24) is 0 Å². The zero-order chi connectivity index (χ0) is 16.9. The molecular weight excluding hydrogens is 290 g/mol. The van der Waals surface area contributed by atoms with E-state index in [-0.39, 0.29) is 0 Å². The smallest absolute Gasteiger partial charge is 0.173 e. The molecule has 1 aromatic carbocycles. The molecule has 0 saturated heterocycles. The van der Waals surface area contributed by atoms with E-state index in [1.807, 2.05) is 0 Å². The van der Waals surface area contributed by atoms with Gasteiger partial charge in [0.2, 0.25) is 0 Å². The maximum Gasteiger partial charge on any atom is 0.182 e. The van der Waals surface area contributed by atoms with E-state index in [1.165, 1.54) is 81.4 Å². The van der Waals surface area contributed by atoms with Gasteiger partial charge in [-0.15, -0.1) is 0 Å². The molecule has 1 heterocycles. The molecule has 0 fully saturated rings. The third-order valence-corrected chi connectivity index (χ3v) is 4.71. The first kappa shape index (κ1) is 18.7. The van der Waals surface area contributed by atoms with Crippen molar-refractivity contribution in [2.75, 3.05) is 0 Å². The molecule has 1 heteroatoms. The third-order valence-electron chi connectivity index (χ3n) is 4.71. The van der Waals surface area contributed by atoms with E-state index in [2.05, 4.69) is 66.5 Å². The molecule has 1 aromatic heterocycles. The van der Waals surface area contributed by atoms with Crippen molar-refractivity contribution in [2.45, 2.75) is 77.6 Å². The molecule has 0 N–H and O–H groups in total. The lowest BCUT2D eigenvalue weighted by atomic mass is 10.1. The van der Waals surface area contributed by atoms with Gasteiger partial charge in [0.1, 0.15) is 0 Å². The summed E-state index contributed by atoms with van der Waals surface area (Å²) in [6, 6.07) is 10.7. The number of fused-ring (bicyclic) bond motifs is 1. The number of hydrogen-bond donors (Lipinski definition) is 0. The normalized spacial score (nSPS) is 11.5. The fourth-order valence-corrected chi connectivity index (χ4v) is 3.19. The highest BCUT2D eigenvalue weighted by atomic mass is 14.9. The molecule has 130 valence electrons. The predicted octanol–water partition coefficient (Wildman–Crippen LogP) is 6.91. The van der Waals surface area contributed by atoms with Crippen LogP contribution in [0.15, 0.2) is 48.8 Å². The Morgan fingerprint density at radius 1 is 0.750 bits per heavy atom. The minimum atomic E-state index is 1.19. The van der Waals surface area contributed by atoms with E-state index in [9.17, 15) is 0 Å². The van der Waals surface area contributed by atoms with Gasteiger partial charge in [-0.3, -0.25) is 0 Å². The topological polar surface area (TPSA) is 3.88 Å². The number of pyridine rings is 1. The number of aromatic nitrogens is 1. The van der Waals surface area contributed by atoms with Crippen molar-refractivity contribution in [3.63, 3.8) is 0 Å². The Balaban J connectivity index is 1.53. The molecule has 1 nitrogen and oxygen atoms in total. The molecule has 0 saturated carbocycles. The van der Waals surface area contributed by atoms with Crippen LogP contribution in [0.1, 0.15) is 77.6 Å². The first-order valence-electron chi connectivity index (χ1n) is 9.96. The second kappa shape index (κ2) is 11.8. The minimum absolute atomic E-state index is 1.19. The van der Waals surface area contributed by atoms with Gasteiger partial charge in [0.05, 0.1) is 0 Å². The molecular formula is C23H34N+. The summed E-state index contributed by atoms with van der Waals surface area (Å²) in [5.41, 5.74) is 0. The fourth-order valence-electron chi connectivity index (χ4n) is 3.19. The molecule has 0 radical (unpaired) electrons. The predicted molar refractivity (Wildman–Crippen MR) is 106 cm³/mol. The Morgan fingerprint density at radius 3 is 2.08 bits per heavy atom. The zero-order valence-corrected chi connectivity index (χ0v) is 15.4. The quantitative estimate of drug-likeness (QED) is 0.295. The van der Waals surface area contributed by atoms with Gasteiger partial charge in [0, 0.05) is 11.5 Å². The van der Waals surface area contributed by atoms with Crippen LogP contribution in [0.3, 0.4) is 0 Å². The Morgan fingerprint density at radius 2 is 1.38 bits per heavy atom. The SMILES string of the molecule is CCCCCCCCCCCCC=C[n+]1ccc2ccccc2c1. The molecule has 0 aliphatic rings. The average molecular weight is 325 g/mol. The standard InChI is InChI=1S/C23H34N/c1-2-3-4-5-6-7-8-9-10-11-12-15-19-24-20-18-22-16-13-14-17-23(22)21-24/h13-21H,2-12H2,1H3/q+1. The first-order valence-corrected chi connectivity index (χ1v) is 9.96. The van der Waals surface area contributed by atoms with E-state index in [0.29, 0.717) is 0 Å². The Kier molecular flexibility index (Phi) is 9.23. The monoisotopic (exact) mass is 324 g/mol. The molecule has 24 heavy (non-hydrogen) atoms. The minimum Gasteiger partial charge on any atom is -0.173 e. The van der Waals surface area contributed by atoms with Crippen LogP contribution in [0.4, 0.5) is 0 Å². The molecule has 0 aliphatic carbocycles. The van der Waals surface area contributed by atoms with Gasteiger partial charge >= 0.3 is 0 Å². The summed E-state index contributed by atoms with van der Waals surface area (Å²) in [4.78, 5) is 0. The molecule has 0 bridgehead atoms. The second-order valence-corrected chi connectivity index (χ2v) is 6.88. The lowest BCUT2D eigenvalue weighted by Gasteiger charge is -2.01. The van der Waals surface area contributed by atoms with Gasteiger partial charge in [0.15, 0.2) is 18.6 Å². The van der Waals surface area contributed by atoms with Gasteiger partial charge in [-0.05, 0) is 30.4 Å². The zero-order valence-electron chi connectivity index (χ0n) is 15.4. The molecule has 0 amide bonds. The van der Waals surface area contributed by atoms with Crippen LogP contribution in [0.25, 0.3) is 17.0 Å². The number of benzene rings is 1. The van der Waals surface area contributed by atoms with Crippen molar-refractivity contribution < 1.29 is 4.57 Å². The largest absolute Gasteiger partial charge is 0.182 e. The van der Waals surface area contributed by atoms with Crippen LogP contribution < -0.4 is 4.57 Å². The lowest BCUT2D eigenvalue weighted by Crippen LogP contribution is -2.23. The first-order chi connectivity index (χ1) is 11.9. The third kappa shape index (κ3) is 7.29. The summed E-state index contributed by atoms with van der Waals surface area (Å²) in [7, 11) is 0. The summed E-state index contributed by atoms with van der Waals surface area (Å²) in [6.45, 7) is 2.28. The molecule has 0 atom stereocenters. The molecule has 0 spiro atoms. The highest BCUT2D eigenvalue weighted by molar-refractivity contribution is 5.80. The molecule has 2 aromatic rings. The number of nitrogens with zero attached hydrogens (tertiary/aromatic N) is 1. The van der Waals surface area contributed by atoms with Crippen molar-refractivity contribution >= 4 is 17.0 Å². The Hall–Kier alpha value is -1.63. The van der Waals surface area contributed by atoms with Gasteiger partial charge in [-0.25, -0.2) is 0 Å². The van der Waals surface area contributed by atoms with E-state index in [4.69, 9.17) is 0 Å². The lowest BCUT2D eigenvalue weighted by molar-refractivity contribution is -0.566. The fraction of sp³-hybridized carbons (Fsp3) is 0.522. The van der Waals surface area contributed by atoms with Gasteiger partial charge in [-0.2, -0.15) is 4.57 Å². The molecule has 0 unspecified atom stereocenters. The number of allylic oxidation sites excluding steroid dienone is 1. The van der Waals surface area contributed by atoms with E-state index < -0.39 is 0 Å². The Bertz CT molecular complexity index is 600. The molecule has 0 aliphatic heterocycles. The summed E-state index contributed by atoms with van der Waals surface area (Å²) in [6.07, 6.45) is 24.1. The maximum atomic E-state index is 2.31. The number of rotatable bonds is 12. The van der Waals surface area contributed by atoms with E-state index in [0.717, 1.165) is 0 Å². The summed E-state index contributed by atoms with van der Waals surface area (Å²) in [5, 5.41) is 2.60. The summed E-state index contributed by atoms with van der Waals surface area (Å²) in [5.74, 6) is 0. The van der Waals surface area contributed by atoms with Crippen LogP contribution in [-0.4, -0.2) is 0 Å². The average Bonchev–Trinajstić information content (AvgIpc) is 2.62. The Labute approximate surface area is 148 Å². The molecule has 2 rings (SSSR count). The van der Waals surface area contributed by atoms with Crippen molar-refractivity contribution in [2.24, 2.45) is 0 Å². The van der Waals surface area contributed by atoms with E-state index in [1.54, 1.807) is 0 Å². The highest BCUT2D eigenvalue weighted by Gasteiger charge is 1.98. The van der Waals surface area contributed by atoms with Crippen molar-refractivity contribution in [3.05, 3.63) is 48.8 Å². The van der Waals surface area contributed by atoms with Crippen LogP contribution in [0.2, 0.25) is 0 Å². The van der Waals surface area contributed by atoms with Gasteiger partial charge in [-0.1, -0.05) is 82.9 Å². The van der Waals surface area contributed by atoms with Crippen LogP contribution in [-0.2, 0) is 0 Å². The van der Waals surface area contributed by atoms with Gasteiger partial charge in [0.25, 0.3) is 0 Å². The highest BCUT2D eigenvalue weighted by Crippen LogP contribution is 2.12. The van der Waals surface area contributed by atoms with Crippen LogP contribution in [0.5, 0.6) is 0 Å². The van der Waals surface area contributed by atoms with Crippen LogP contribution in [0, 0.1) is 0 Å². The van der Waals surface area contributed by atoms with E-state index >= 15 is 0 Å². The van der Waals surface area contributed by atoms with Crippen LogP contribution >= 0.6 is 0 Å². The number of hydrogen-bond acceptors (Lipinski definition) is 0. The summed E-state index contributed by atoms with van der Waals surface area (Å²) < 4.78 is 2.17.